The summed E-state index contributed by atoms with van der Waals surface area (Å²) in [6.45, 7) is 7.09. The number of aliphatic imine (C=N–C) groups is 1. The van der Waals surface area contributed by atoms with Crippen molar-refractivity contribution in [3.63, 3.8) is 0 Å². The third-order valence-corrected chi connectivity index (χ3v) is 5.16. The number of hydrogen-bond donors (Lipinski definition) is 4. The van der Waals surface area contributed by atoms with Crippen LogP contribution in [-0.4, -0.2) is 43.2 Å². The fourth-order valence-electron chi connectivity index (χ4n) is 3.41. The van der Waals surface area contributed by atoms with Gasteiger partial charge >= 0.3 is 0 Å². The molecule has 0 spiro atoms. The third-order valence-electron chi connectivity index (χ3n) is 5.16. The van der Waals surface area contributed by atoms with E-state index in [-0.39, 0.29) is 35.6 Å². The Labute approximate surface area is 179 Å². The summed E-state index contributed by atoms with van der Waals surface area (Å²) in [5.74, 6) is 0.817. The number of amides is 1. The summed E-state index contributed by atoms with van der Waals surface area (Å²) in [4.78, 5) is 16.8. The summed E-state index contributed by atoms with van der Waals surface area (Å²) >= 11 is 0. The summed E-state index contributed by atoms with van der Waals surface area (Å²) in [6.07, 6.45) is 6.36. The molecular formula is C20H33IN4O2. The van der Waals surface area contributed by atoms with Gasteiger partial charge in [0.05, 0.1) is 0 Å². The summed E-state index contributed by atoms with van der Waals surface area (Å²) in [7, 11) is 0. The topological polar surface area (TPSA) is 85.8 Å². The molecule has 1 aromatic rings. The van der Waals surface area contributed by atoms with Crippen molar-refractivity contribution in [1.29, 1.82) is 0 Å². The molecule has 27 heavy (non-hydrogen) atoms. The Bertz CT molecular complexity index is 599. The highest BCUT2D eigenvalue weighted by atomic mass is 127. The van der Waals surface area contributed by atoms with E-state index in [4.69, 9.17) is 4.99 Å². The Hall–Kier alpha value is -1.51. The first-order valence-electron chi connectivity index (χ1n) is 9.68. The summed E-state index contributed by atoms with van der Waals surface area (Å²) in [5, 5.41) is 18.7. The van der Waals surface area contributed by atoms with E-state index in [1.165, 1.54) is 44.2 Å². The van der Waals surface area contributed by atoms with Crippen molar-refractivity contribution in [3.8, 4) is 5.75 Å². The maximum atomic E-state index is 12.0. The van der Waals surface area contributed by atoms with E-state index in [1.54, 1.807) is 12.1 Å². The van der Waals surface area contributed by atoms with E-state index in [9.17, 15) is 9.90 Å². The summed E-state index contributed by atoms with van der Waals surface area (Å²) in [5.41, 5.74) is 0.907. The monoisotopic (exact) mass is 488 g/mol. The molecule has 152 valence electrons. The summed E-state index contributed by atoms with van der Waals surface area (Å²) < 4.78 is 0. The van der Waals surface area contributed by atoms with Crippen LogP contribution in [0.5, 0.6) is 5.75 Å². The van der Waals surface area contributed by atoms with Gasteiger partial charge < -0.3 is 21.1 Å². The first kappa shape index (κ1) is 23.5. The van der Waals surface area contributed by atoms with Gasteiger partial charge in [0.15, 0.2) is 5.96 Å². The van der Waals surface area contributed by atoms with Gasteiger partial charge in [-0.15, -0.1) is 24.0 Å². The second kappa shape index (κ2) is 12.0. The number of aromatic hydroxyl groups is 1. The van der Waals surface area contributed by atoms with Crippen LogP contribution in [0.2, 0.25) is 0 Å². The fourth-order valence-corrected chi connectivity index (χ4v) is 3.41. The molecule has 1 aliphatic carbocycles. The number of nitrogens with one attached hydrogen (secondary N) is 3. The zero-order chi connectivity index (χ0) is 18.8. The fraction of sp³-hybridized carbons (Fsp3) is 0.600. The van der Waals surface area contributed by atoms with Gasteiger partial charge in [-0.2, -0.15) is 0 Å². The largest absolute Gasteiger partial charge is 0.508 e. The minimum Gasteiger partial charge on any atom is -0.508 e. The van der Waals surface area contributed by atoms with Gasteiger partial charge in [0.25, 0.3) is 5.91 Å². The Balaban J connectivity index is 0.00000364. The second-order valence-electron chi connectivity index (χ2n) is 6.99. The highest BCUT2D eigenvalue weighted by molar-refractivity contribution is 14.0. The highest BCUT2D eigenvalue weighted by Crippen LogP contribution is 2.41. The van der Waals surface area contributed by atoms with Crippen LogP contribution in [0.15, 0.2) is 29.3 Å². The van der Waals surface area contributed by atoms with E-state index < -0.39 is 0 Å². The van der Waals surface area contributed by atoms with Crippen molar-refractivity contribution in [2.45, 2.75) is 46.0 Å². The minimum absolute atomic E-state index is 0. The first-order chi connectivity index (χ1) is 12.6. The number of nitrogens with zero attached hydrogens (tertiary/aromatic N) is 1. The second-order valence-corrected chi connectivity index (χ2v) is 6.99. The highest BCUT2D eigenvalue weighted by Gasteiger charge is 2.31. The van der Waals surface area contributed by atoms with Gasteiger partial charge in [-0.25, -0.2) is 0 Å². The molecule has 0 aliphatic heterocycles. The molecule has 0 radical (unpaired) electrons. The maximum absolute atomic E-state index is 12.0. The molecule has 1 amide bonds. The standard InChI is InChI=1S/C20H32N4O2.HI/c1-3-20(11-5-6-12-20)15-24-19(21-4-2)23-14-13-22-18(26)16-7-9-17(25)10-8-16;/h7-10,25H,3-6,11-15H2,1-2H3,(H,22,26)(H2,21,23,24);1H. The van der Waals surface area contributed by atoms with E-state index in [0.717, 1.165) is 19.0 Å². The lowest BCUT2D eigenvalue weighted by Gasteiger charge is -2.25. The SMILES string of the molecule is CCNC(=NCC1(CC)CCCC1)NCCNC(=O)c1ccc(O)cc1.I. The van der Waals surface area contributed by atoms with Gasteiger partial charge in [-0.05, 0) is 55.9 Å². The first-order valence-corrected chi connectivity index (χ1v) is 9.68. The molecule has 1 saturated carbocycles. The van der Waals surface area contributed by atoms with E-state index in [2.05, 4.69) is 29.8 Å². The number of benzene rings is 1. The molecule has 6 nitrogen and oxygen atoms in total. The predicted octanol–water partition coefficient (Wildman–Crippen LogP) is 3.27. The van der Waals surface area contributed by atoms with Gasteiger partial charge in [-0.1, -0.05) is 19.8 Å². The molecule has 1 aliphatic rings. The number of phenols is 1. The maximum Gasteiger partial charge on any atom is 0.251 e. The quantitative estimate of drug-likeness (QED) is 0.196. The molecule has 2 rings (SSSR count). The molecule has 0 unspecified atom stereocenters. The Kier molecular flexibility index (Phi) is 10.5. The van der Waals surface area contributed by atoms with Crippen molar-refractivity contribution in [3.05, 3.63) is 29.8 Å². The number of halogens is 1. The Morgan fingerprint density at radius 2 is 1.70 bits per heavy atom. The molecule has 7 heteroatoms. The van der Waals surface area contributed by atoms with Gasteiger partial charge in [0, 0.05) is 31.7 Å². The lowest BCUT2D eigenvalue weighted by Crippen LogP contribution is -2.42. The zero-order valence-electron chi connectivity index (χ0n) is 16.4. The summed E-state index contributed by atoms with van der Waals surface area (Å²) in [6, 6.07) is 6.23. The lowest BCUT2D eigenvalue weighted by molar-refractivity contribution is 0.0954. The normalized spacial score (nSPS) is 15.7. The Morgan fingerprint density at radius 1 is 1.07 bits per heavy atom. The number of guanidine groups is 1. The van der Waals surface area contributed by atoms with Gasteiger partial charge in [0.2, 0.25) is 0 Å². The Morgan fingerprint density at radius 3 is 2.30 bits per heavy atom. The molecule has 0 atom stereocenters. The number of carbonyl (C=O) groups excluding carboxylic acids is 1. The van der Waals surface area contributed by atoms with Crippen molar-refractivity contribution < 1.29 is 9.90 Å². The smallest absolute Gasteiger partial charge is 0.251 e. The molecule has 0 aromatic heterocycles. The van der Waals surface area contributed by atoms with Gasteiger partial charge in [-0.3, -0.25) is 9.79 Å². The number of carbonyl (C=O) groups is 1. The van der Waals surface area contributed by atoms with Crippen LogP contribution in [-0.2, 0) is 0 Å². The van der Waals surface area contributed by atoms with Crippen LogP contribution < -0.4 is 16.0 Å². The molecule has 4 N–H and O–H groups in total. The molecule has 0 heterocycles. The zero-order valence-corrected chi connectivity index (χ0v) is 18.7. The van der Waals surface area contributed by atoms with Crippen LogP contribution in [0.1, 0.15) is 56.3 Å². The van der Waals surface area contributed by atoms with E-state index in [0.29, 0.717) is 24.1 Å². The van der Waals surface area contributed by atoms with E-state index >= 15 is 0 Å². The van der Waals surface area contributed by atoms with Crippen molar-refractivity contribution in [2.24, 2.45) is 10.4 Å². The third kappa shape index (κ3) is 7.56. The molecule has 0 bridgehead atoms. The van der Waals surface area contributed by atoms with Crippen LogP contribution in [0, 0.1) is 5.41 Å². The molecular weight excluding hydrogens is 455 g/mol. The van der Waals surface area contributed by atoms with Crippen LogP contribution in [0.25, 0.3) is 0 Å². The number of hydrogen-bond acceptors (Lipinski definition) is 3. The molecule has 1 fully saturated rings. The van der Waals surface area contributed by atoms with Crippen molar-refractivity contribution in [2.75, 3.05) is 26.2 Å². The van der Waals surface area contributed by atoms with Crippen LogP contribution in [0.3, 0.4) is 0 Å². The molecule has 0 saturated heterocycles. The van der Waals surface area contributed by atoms with E-state index in [1.807, 2.05) is 0 Å². The average Bonchev–Trinajstić information content (AvgIpc) is 3.13. The predicted molar refractivity (Wildman–Crippen MR) is 121 cm³/mol. The van der Waals surface area contributed by atoms with Crippen LogP contribution in [0.4, 0.5) is 0 Å². The number of rotatable bonds is 8. The minimum atomic E-state index is -0.148. The van der Waals surface area contributed by atoms with Crippen molar-refractivity contribution >= 4 is 35.8 Å². The van der Waals surface area contributed by atoms with Crippen molar-refractivity contribution in [1.82, 2.24) is 16.0 Å². The van der Waals surface area contributed by atoms with Gasteiger partial charge in [0.1, 0.15) is 5.75 Å². The van der Waals surface area contributed by atoms with Crippen LogP contribution >= 0.6 is 24.0 Å². The molecule has 1 aromatic carbocycles. The lowest BCUT2D eigenvalue weighted by atomic mass is 9.84. The average molecular weight is 488 g/mol. The number of phenolic OH excluding ortho intramolecular Hbond substituents is 1.